The van der Waals surface area contributed by atoms with Crippen LogP contribution in [0.15, 0.2) is 43.1 Å². The van der Waals surface area contributed by atoms with Crippen LogP contribution in [0.3, 0.4) is 0 Å². The average Bonchev–Trinajstić information content (AvgIpc) is 2.81. The van der Waals surface area contributed by atoms with E-state index in [-0.39, 0.29) is 12.3 Å². The first-order valence-electron chi connectivity index (χ1n) is 5.80. The van der Waals surface area contributed by atoms with E-state index in [1.165, 1.54) is 0 Å². The Bertz CT molecular complexity index is 605. The molecule has 0 fully saturated rings. The molecule has 0 aliphatic rings. The second-order valence-electron chi connectivity index (χ2n) is 3.78. The molecular weight excluding hydrogens is 247 g/mol. The Morgan fingerprint density at radius 1 is 1.42 bits per heavy atom. The van der Waals surface area contributed by atoms with Crippen molar-refractivity contribution in [3.8, 4) is 0 Å². The normalized spacial score (nSPS) is 10.2. The van der Waals surface area contributed by atoms with E-state index >= 15 is 0 Å². The summed E-state index contributed by atoms with van der Waals surface area (Å²) in [6, 6.07) is 9.00. The maximum Gasteiger partial charge on any atom is 0.357 e. The Morgan fingerprint density at radius 2 is 2.11 bits per heavy atom. The summed E-state index contributed by atoms with van der Waals surface area (Å²) < 4.78 is 19.6. The smallest absolute Gasteiger partial charge is 0.357 e. The minimum absolute atomic E-state index is 0.0215. The van der Waals surface area contributed by atoms with Crippen LogP contribution in [0.5, 0.6) is 0 Å². The maximum atomic E-state index is 13.7. The molecule has 0 spiro atoms. The van der Waals surface area contributed by atoms with Crippen molar-refractivity contribution in [3.05, 3.63) is 60.4 Å². The molecule has 0 unspecified atom stereocenters. The minimum atomic E-state index is -0.795. The van der Waals surface area contributed by atoms with E-state index in [2.05, 4.69) is 11.6 Å². The SMILES string of the molecule is C=C(c1ccccc1)n1c(C(=O)OCC)cnc1F. The van der Waals surface area contributed by atoms with Crippen molar-refractivity contribution < 1.29 is 13.9 Å². The molecule has 2 rings (SSSR count). The molecule has 0 aliphatic heterocycles. The molecule has 0 saturated heterocycles. The topological polar surface area (TPSA) is 44.1 Å². The van der Waals surface area contributed by atoms with Crippen LogP contribution in [0.4, 0.5) is 4.39 Å². The number of hydrogen-bond donors (Lipinski definition) is 0. The number of imidazole rings is 1. The molecule has 1 heterocycles. The predicted molar refractivity (Wildman–Crippen MR) is 69.0 cm³/mol. The van der Waals surface area contributed by atoms with Crippen molar-refractivity contribution in [3.63, 3.8) is 0 Å². The van der Waals surface area contributed by atoms with Crippen LogP contribution in [0.1, 0.15) is 23.0 Å². The fourth-order valence-electron chi connectivity index (χ4n) is 1.69. The predicted octanol–water partition coefficient (Wildman–Crippen LogP) is 2.72. The molecule has 2 aromatic rings. The maximum absolute atomic E-state index is 13.7. The summed E-state index contributed by atoms with van der Waals surface area (Å²) in [4.78, 5) is 15.2. The van der Waals surface area contributed by atoms with E-state index in [1.807, 2.05) is 6.07 Å². The molecule has 1 aromatic heterocycles. The largest absolute Gasteiger partial charge is 0.461 e. The van der Waals surface area contributed by atoms with Crippen LogP contribution in [0, 0.1) is 6.08 Å². The number of halogens is 1. The highest BCUT2D eigenvalue weighted by atomic mass is 19.1. The Hall–Kier alpha value is -2.43. The molecule has 1 aromatic carbocycles. The number of benzene rings is 1. The standard InChI is InChI=1S/C14H13FN2O2/c1-3-19-13(18)12-9-16-14(15)17(12)10(2)11-7-5-4-6-8-11/h4-9H,2-3H2,1H3. The van der Waals surface area contributed by atoms with Gasteiger partial charge in [0.1, 0.15) is 0 Å². The number of nitrogens with zero attached hydrogens (tertiary/aromatic N) is 2. The number of esters is 1. The first-order chi connectivity index (χ1) is 9.15. The van der Waals surface area contributed by atoms with Gasteiger partial charge in [0.2, 0.25) is 0 Å². The number of carbonyl (C=O) groups is 1. The van der Waals surface area contributed by atoms with E-state index < -0.39 is 12.0 Å². The third kappa shape index (κ3) is 2.54. The van der Waals surface area contributed by atoms with Gasteiger partial charge in [-0.1, -0.05) is 36.9 Å². The van der Waals surface area contributed by atoms with Crippen LogP contribution >= 0.6 is 0 Å². The molecule has 0 N–H and O–H groups in total. The average molecular weight is 260 g/mol. The Morgan fingerprint density at radius 3 is 2.74 bits per heavy atom. The van der Waals surface area contributed by atoms with E-state index in [0.717, 1.165) is 10.8 Å². The van der Waals surface area contributed by atoms with Gasteiger partial charge < -0.3 is 4.74 Å². The second-order valence-corrected chi connectivity index (χ2v) is 3.78. The molecular formula is C14H13FN2O2. The molecule has 0 radical (unpaired) electrons. The van der Waals surface area contributed by atoms with Crippen molar-refractivity contribution in [2.75, 3.05) is 6.61 Å². The zero-order valence-corrected chi connectivity index (χ0v) is 10.5. The fourth-order valence-corrected chi connectivity index (χ4v) is 1.69. The lowest BCUT2D eigenvalue weighted by Crippen LogP contribution is -2.13. The molecule has 0 aliphatic carbocycles. The lowest BCUT2D eigenvalue weighted by Gasteiger charge is -2.11. The van der Waals surface area contributed by atoms with E-state index in [0.29, 0.717) is 11.3 Å². The third-order valence-corrected chi connectivity index (χ3v) is 2.58. The van der Waals surface area contributed by atoms with Crippen molar-refractivity contribution in [2.24, 2.45) is 0 Å². The quantitative estimate of drug-likeness (QED) is 0.794. The molecule has 98 valence electrons. The van der Waals surface area contributed by atoms with Crippen molar-refractivity contribution in [2.45, 2.75) is 6.92 Å². The molecule has 0 bridgehead atoms. The van der Waals surface area contributed by atoms with E-state index in [4.69, 9.17) is 4.74 Å². The summed E-state index contributed by atoms with van der Waals surface area (Å²) in [5.41, 5.74) is 1.05. The van der Waals surface area contributed by atoms with Gasteiger partial charge in [-0.05, 0) is 12.5 Å². The van der Waals surface area contributed by atoms with Gasteiger partial charge in [-0.15, -0.1) is 0 Å². The molecule has 0 amide bonds. The molecule has 0 atom stereocenters. The third-order valence-electron chi connectivity index (χ3n) is 2.58. The molecule has 19 heavy (non-hydrogen) atoms. The first-order valence-corrected chi connectivity index (χ1v) is 5.80. The first kappa shape index (κ1) is 13.0. The van der Waals surface area contributed by atoms with Gasteiger partial charge in [0, 0.05) is 0 Å². The van der Waals surface area contributed by atoms with Gasteiger partial charge in [-0.2, -0.15) is 4.39 Å². The highest BCUT2D eigenvalue weighted by Crippen LogP contribution is 2.19. The van der Waals surface area contributed by atoms with E-state index in [9.17, 15) is 9.18 Å². The van der Waals surface area contributed by atoms with Crippen LogP contribution in [-0.4, -0.2) is 22.1 Å². The number of carbonyl (C=O) groups excluding carboxylic acids is 1. The highest BCUT2D eigenvalue weighted by Gasteiger charge is 2.20. The van der Waals surface area contributed by atoms with Gasteiger partial charge in [0.15, 0.2) is 5.69 Å². The summed E-state index contributed by atoms with van der Waals surface area (Å²) >= 11 is 0. The zero-order chi connectivity index (χ0) is 13.8. The van der Waals surface area contributed by atoms with Crippen LogP contribution < -0.4 is 0 Å². The van der Waals surface area contributed by atoms with Crippen LogP contribution in [0.2, 0.25) is 0 Å². The Labute approximate surface area is 110 Å². The number of aromatic nitrogens is 2. The van der Waals surface area contributed by atoms with Crippen LogP contribution in [-0.2, 0) is 4.74 Å². The van der Waals surface area contributed by atoms with Crippen molar-refractivity contribution >= 4 is 11.7 Å². The number of hydrogen-bond acceptors (Lipinski definition) is 3. The number of rotatable bonds is 4. The van der Waals surface area contributed by atoms with Crippen LogP contribution in [0.25, 0.3) is 5.70 Å². The van der Waals surface area contributed by atoms with E-state index in [1.54, 1.807) is 31.2 Å². The van der Waals surface area contributed by atoms with Gasteiger partial charge in [-0.3, -0.25) is 4.57 Å². The molecule has 4 nitrogen and oxygen atoms in total. The van der Waals surface area contributed by atoms with Gasteiger partial charge in [0.05, 0.1) is 18.5 Å². The second kappa shape index (κ2) is 5.48. The lowest BCUT2D eigenvalue weighted by molar-refractivity contribution is 0.0516. The number of ether oxygens (including phenoxy) is 1. The summed E-state index contributed by atoms with van der Waals surface area (Å²) in [5.74, 6) is -0.629. The van der Waals surface area contributed by atoms with Crippen molar-refractivity contribution in [1.82, 2.24) is 9.55 Å². The van der Waals surface area contributed by atoms with Gasteiger partial charge >= 0.3 is 5.97 Å². The van der Waals surface area contributed by atoms with Gasteiger partial charge in [0.25, 0.3) is 6.08 Å². The zero-order valence-electron chi connectivity index (χ0n) is 10.5. The minimum Gasteiger partial charge on any atom is -0.461 e. The lowest BCUT2D eigenvalue weighted by atomic mass is 10.2. The summed E-state index contributed by atoms with van der Waals surface area (Å²) in [5, 5.41) is 0. The monoisotopic (exact) mass is 260 g/mol. The summed E-state index contributed by atoms with van der Waals surface area (Å²) in [7, 11) is 0. The Balaban J connectivity index is 2.42. The fraction of sp³-hybridized carbons (Fsp3) is 0.143. The van der Waals surface area contributed by atoms with Crippen molar-refractivity contribution in [1.29, 1.82) is 0 Å². The Kier molecular flexibility index (Phi) is 3.75. The summed E-state index contributed by atoms with van der Waals surface area (Å²) in [6.07, 6.45) is 0.346. The molecule has 5 heteroatoms. The van der Waals surface area contributed by atoms with Gasteiger partial charge in [-0.25, -0.2) is 9.78 Å². The summed E-state index contributed by atoms with van der Waals surface area (Å²) in [6.45, 7) is 5.70. The highest BCUT2D eigenvalue weighted by molar-refractivity contribution is 5.89. The molecule has 0 saturated carbocycles.